The molecule has 1 aliphatic heterocycles. The summed E-state index contributed by atoms with van der Waals surface area (Å²) in [7, 11) is 1.40. The van der Waals surface area contributed by atoms with Gasteiger partial charge in [0.05, 0.1) is 18.4 Å². The van der Waals surface area contributed by atoms with Gasteiger partial charge in [0.15, 0.2) is 0 Å². The number of pyridine rings is 1. The number of carbonyl (C=O) groups excluding carboxylic acids is 1. The largest absolute Gasteiger partial charge is 0.465 e. The summed E-state index contributed by atoms with van der Waals surface area (Å²) >= 11 is 0. The fourth-order valence-corrected chi connectivity index (χ4v) is 3.00. The molecule has 1 aromatic heterocycles. The van der Waals surface area contributed by atoms with Gasteiger partial charge in [-0.1, -0.05) is 0 Å². The van der Waals surface area contributed by atoms with Crippen molar-refractivity contribution in [1.29, 1.82) is 0 Å². The number of nitrogens with zero attached hydrogens (tertiary/aromatic N) is 2. The van der Waals surface area contributed by atoms with Crippen LogP contribution in [0.25, 0.3) is 0 Å². The van der Waals surface area contributed by atoms with Crippen LogP contribution in [0.15, 0.2) is 12.1 Å². The molecule has 3 rings (SSSR count). The SMILES string of the molecule is COC(=O)c1ccc(N(CC2CCCN2)C2CC2)nc1C. The third-order valence-corrected chi connectivity index (χ3v) is 4.34. The lowest BCUT2D eigenvalue weighted by Crippen LogP contribution is -2.39. The van der Waals surface area contributed by atoms with E-state index in [0.29, 0.717) is 17.6 Å². The van der Waals surface area contributed by atoms with Crippen LogP contribution in [0, 0.1) is 6.92 Å². The van der Waals surface area contributed by atoms with Crippen molar-refractivity contribution in [3.8, 4) is 0 Å². The molecule has 0 radical (unpaired) electrons. The van der Waals surface area contributed by atoms with Crippen molar-refractivity contribution >= 4 is 11.8 Å². The second-order valence-corrected chi connectivity index (χ2v) is 5.97. The van der Waals surface area contributed by atoms with Crippen molar-refractivity contribution in [1.82, 2.24) is 10.3 Å². The first-order chi connectivity index (χ1) is 10.2. The highest BCUT2D eigenvalue weighted by molar-refractivity contribution is 5.90. The van der Waals surface area contributed by atoms with E-state index >= 15 is 0 Å². The van der Waals surface area contributed by atoms with Crippen LogP contribution < -0.4 is 10.2 Å². The molecule has 21 heavy (non-hydrogen) atoms. The van der Waals surface area contributed by atoms with Crippen LogP contribution >= 0.6 is 0 Å². The molecule has 1 aromatic rings. The number of carbonyl (C=O) groups is 1. The summed E-state index contributed by atoms with van der Waals surface area (Å²) in [5.41, 5.74) is 1.29. The molecule has 2 heterocycles. The average Bonchev–Trinajstić information content (AvgIpc) is 3.20. The zero-order valence-electron chi connectivity index (χ0n) is 12.8. The van der Waals surface area contributed by atoms with Crippen molar-refractivity contribution < 1.29 is 9.53 Å². The number of aryl methyl sites for hydroxylation is 1. The number of rotatable bonds is 5. The molecule has 1 saturated carbocycles. The Kier molecular flexibility index (Phi) is 4.10. The third-order valence-electron chi connectivity index (χ3n) is 4.34. The lowest BCUT2D eigenvalue weighted by molar-refractivity contribution is 0.0599. The van der Waals surface area contributed by atoms with E-state index in [1.807, 2.05) is 19.1 Å². The van der Waals surface area contributed by atoms with Gasteiger partial charge in [0.1, 0.15) is 5.82 Å². The van der Waals surface area contributed by atoms with Gasteiger partial charge in [0.2, 0.25) is 0 Å². The number of hydrogen-bond acceptors (Lipinski definition) is 5. The molecule has 114 valence electrons. The van der Waals surface area contributed by atoms with Crippen LogP contribution in [0.3, 0.4) is 0 Å². The molecular weight excluding hydrogens is 266 g/mol. The maximum absolute atomic E-state index is 11.7. The van der Waals surface area contributed by atoms with Crippen molar-refractivity contribution in [3.63, 3.8) is 0 Å². The van der Waals surface area contributed by atoms with Gasteiger partial charge >= 0.3 is 5.97 Å². The molecule has 2 fully saturated rings. The Bertz CT molecular complexity index is 522. The van der Waals surface area contributed by atoms with Gasteiger partial charge in [0.25, 0.3) is 0 Å². The molecule has 0 amide bonds. The molecular formula is C16H23N3O2. The van der Waals surface area contributed by atoms with Gasteiger partial charge in [0, 0.05) is 18.6 Å². The average molecular weight is 289 g/mol. The smallest absolute Gasteiger partial charge is 0.339 e. The normalized spacial score (nSPS) is 21.3. The van der Waals surface area contributed by atoms with Crippen LogP contribution in [-0.2, 0) is 4.74 Å². The van der Waals surface area contributed by atoms with E-state index in [-0.39, 0.29) is 5.97 Å². The number of aromatic nitrogens is 1. The minimum absolute atomic E-state index is 0.318. The van der Waals surface area contributed by atoms with E-state index in [1.54, 1.807) is 0 Å². The monoisotopic (exact) mass is 289 g/mol. The standard InChI is InChI=1S/C16H23N3O2/c1-11-14(16(20)21-2)7-8-15(18-11)19(13-5-6-13)10-12-4-3-9-17-12/h7-8,12-13,17H,3-6,9-10H2,1-2H3. The molecule has 5 nitrogen and oxygen atoms in total. The molecule has 0 bridgehead atoms. The van der Waals surface area contributed by atoms with Gasteiger partial charge < -0.3 is 15.0 Å². The van der Waals surface area contributed by atoms with Gasteiger partial charge in [-0.25, -0.2) is 9.78 Å². The van der Waals surface area contributed by atoms with Crippen LogP contribution in [0.2, 0.25) is 0 Å². The molecule has 1 aliphatic carbocycles. The molecule has 1 atom stereocenters. The minimum Gasteiger partial charge on any atom is -0.465 e. The van der Waals surface area contributed by atoms with Crippen molar-refractivity contribution in [2.24, 2.45) is 0 Å². The van der Waals surface area contributed by atoms with Gasteiger partial charge in [-0.3, -0.25) is 0 Å². The van der Waals surface area contributed by atoms with E-state index in [2.05, 4.69) is 15.2 Å². The number of ether oxygens (including phenoxy) is 1. The lowest BCUT2D eigenvalue weighted by atomic mass is 10.2. The molecule has 0 spiro atoms. The van der Waals surface area contributed by atoms with E-state index in [9.17, 15) is 4.79 Å². The zero-order chi connectivity index (χ0) is 14.8. The summed E-state index contributed by atoms with van der Waals surface area (Å²) in [5.74, 6) is 0.665. The number of anilines is 1. The Morgan fingerprint density at radius 3 is 2.81 bits per heavy atom. The van der Waals surface area contributed by atoms with E-state index < -0.39 is 0 Å². The Labute approximate surface area is 125 Å². The predicted molar refractivity (Wildman–Crippen MR) is 81.7 cm³/mol. The van der Waals surface area contributed by atoms with Gasteiger partial charge in [-0.15, -0.1) is 0 Å². The highest BCUT2D eigenvalue weighted by atomic mass is 16.5. The molecule has 1 saturated heterocycles. The van der Waals surface area contributed by atoms with E-state index in [4.69, 9.17) is 4.74 Å². The summed E-state index contributed by atoms with van der Waals surface area (Å²) in [4.78, 5) is 18.7. The van der Waals surface area contributed by atoms with E-state index in [1.165, 1.54) is 32.8 Å². The summed E-state index contributed by atoms with van der Waals surface area (Å²) < 4.78 is 4.78. The van der Waals surface area contributed by atoms with Crippen LogP contribution in [0.4, 0.5) is 5.82 Å². The molecule has 1 unspecified atom stereocenters. The third kappa shape index (κ3) is 3.18. The Balaban J connectivity index is 1.79. The first-order valence-electron chi connectivity index (χ1n) is 7.75. The van der Waals surface area contributed by atoms with Gasteiger partial charge in [-0.2, -0.15) is 0 Å². The fraction of sp³-hybridized carbons (Fsp3) is 0.625. The fourth-order valence-electron chi connectivity index (χ4n) is 3.00. The Morgan fingerprint density at radius 2 is 2.24 bits per heavy atom. The van der Waals surface area contributed by atoms with Crippen LogP contribution in [-0.4, -0.2) is 43.2 Å². The van der Waals surface area contributed by atoms with Crippen molar-refractivity contribution in [2.45, 2.75) is 44.7 Å². The lowest BCUT2D eigenvalue weighted by Gasteiger charge is -2.27. The highest BCUT2D eigenvalue weighted by Crippen LogP contribution is 2.31. The Hall–Kier alpha value is -1.62. The number of esters is 1. The first-order valence-corrected chi connectivity index (χ1v) is 7.75. The highest BCUT2D eigenvalue weighted by Gasteiger charge is 2.32. The second kappa shape index (κ2) is 6.02. The molecule has 2 aliphatic rings. The van der Waals surface area contributed by atoms with Crippen LogP contribution in [0.1, 0.15) is 41.7 Å². The van der Waals surface area contributed by atoms with Gasteiger partial charge in [-0.05, 0) is 51.3 Å². The van der Waals surface area contributed by atoms with Crippen molar-refractivity contribution in [2.75, 3.05) is 25.1 Å². The summed E-state index contributed by atoms with van der Waals surface area (Å²) in [6.45, 7) is 4.00. The summed E-state index contributed by atoms with van der Waals surface area (Å²) in [5, 5.41) is 3.55. The van der Waals surface area contributed by atoms with Crippen molar-refractivity contribution in [3.05, 3.63) is 23.4 Å². The predicted octanol–water partition coefficient (Wildman–Crippen LogP) is 1.90. The van der Waals surface area contributed by atoms with Crippen LogP contribution in [0.5, 0.6) is 0 Å². The first kappa shape index (κ1) is 14.3. The second-order valence-electron chi connectivity index (χ2n) is 5.97. The maximum atomic E-state index is 11.7. The number of methoxy groups -OCH3 is 1. The molecule has 1 N–H and O–H groups in total. The summed E-state index contributed by atoms with van der Waals surface area (Å²) in [6, 6.07) is 4.96. The number of nitrogens with one attached hydrogen (secondary N) is 1. The van der Waals surface area contributed by atoms with E-state index in [0.717, 1.165) is 24.6 Å². The molecule has 5 heteroatoms. The number of hydrogen-bond donors (Lipinski definition) is 1. The molecule has 0 aromatic carbocycles. The Morgan fingerprint density at radius 1 is 1.43 bits per heavy atom. The zero-order valence-corrected chi connectivity index (χ0v) is 12.8. The minimum atomic E-state index is -0.318. The quantitative estimate of drug-likeness (QED) is 0.839. The summed E-state index contributed by atoms with van der Waals surface area (Å²) in [6.07, 6.45) is 4.98. The topological polar surface area (TPSA) is 54.5 Å². The maximum Gasteiger partial charge on any atom is 0.339 e.